The number of carbonyl (C=O) groups excluding carboxylic acids is 5. The number of carbonyl (C=O) groups is 6. The molecule has 0 bridgehead atoms. The van der Waals surface area contributed by atoms with Gasteiger partial charge in [-0.2, -0.15) is 0 Å². The molecule has 2 saturated heterocycles. The minimum absolute atomic E-state index is 0.0199. The molecule has 2 aliphatic heterocycles. The molecular weight excluding hydrogens is 2190 g/mol. The number of aliphatic carboxylic acids is 1. The Bertz CT molecular complexity index is 7160. The number of fused-ring (bicyclic) bond motifs is 6. The molecule has 12 aromatic heterocycles. The summed E-state index contributed by atoms with van der Waals surface area (Å²) in [5.41, 5.74) is 5.96. The van der Waals surface area contributed by atoms with Gasteiger partial charge in [-0.05, 0) is 232 Å². The number of hydrogen-bond donors (Lipinski definition) is 11. The molecule has 49 heteroatoms. The van der Waals surface area contributed by atoms with E-state index >= 15 is 0 Å². The van der Waals surface area contributed by atoms with E-state index in [0.29, 0.717) is 102 Å². The van der Waals surface area contributed by atoms with Crippen LogP contribution in [0, 0.1) is 20.8 Å². The second-order valence-corrected chi connectivity index (χ2v) is 36.7. The molecule has 39 nitrogen and oxygen atoms in total. The second-order valence-electron chi connectivity index (χ2n) is 31.6. The minimum atomic E-state index is -1.41. The zero-order chi connectivity index (χ0) is 102. The number of alkyl halides is 3. The smallest absolute Gasteiger partial charge is 0.480 e. The monoisotopic (exact) mass is 2280 g/mol. The second kappa shape index (κ2) is 52.8. The standard InChI is InChI=1S/C19H19ClN4O2.C15H18BrN3O5.C15H12ClN3O3.C11H12BrN3O3.C7H8BClO2.C6H4BrN3O.C6H5N3O.C4H7BrO2.C4H9N.C2H4BrF/c1-12-8-13(4-5-15(12)20)14-9-21-18-17(14)19(26)24(11-22-18)10-16(25)23-6-2-3-7-23;1-5-23-10(20)7-18-8-17-12-11(13(18)21)9(16)6-19(12)14(22)24-15(2,3)4;1-8-4-9(2-3-11(8)16)10-5-17-14-13(10)15(22)19(7-18-14)6-12(20)21;1-11(2,3)18-10(17)15-4-6(12)7-8(15)13-5-14-9(7)16;1-5-4-6(8(10)11)2-3-7(5)9;7-3-1-8-5-4(3)6(11)10-2-9-5;10-6-4-1-2-7-5(4)8-3-9-6;1-2-7-4(6)3-5;1-2-4-5-3-1;3-1-2-4/h4-5,8-9,11,21H,2-3,6-7,10H2,1H3;6,8H,5,7H2,1-4H3;2-5,7,17H,6H2,1H3,(H,20,21);4-5H,1-3H3,(H,13,14,16);2-4,10-11H,1H3;1-2H,(H2,8,9,10,11);1-3H,(H2,7,8,9,10);2-3H2,1H3;5H,1-4H2;1-2H2. The number of esters is 2. The Morgan fingerprint density at radius 1 is 0.500 bits per heavy atom. The van der Waals surface area contributed by atoms with Gasteiger partial charge in [0.2, 0.25) is 5.91 Å². The van der Waals surface area contributed by atoms with E-state index in [1.165, 1.54) is 85.4 Å². The number of likely N-dealkylation sites (tertiary alicyclic amines) is 1. The Balaban J connectivity index is 0.000000196. The number of aromatic amines is 7. The number of aromatic nitrogens is 18. The first kappa shape index (κ1) is 111. The third kappa shape index (κ3) is 31.6. The van der Waals surface area contributed by atoms with Crippen LogP contribution >= 0.6 is 114 Å². The van der Waals surface area contributed by atoms with Crippen molar-refractivity contribution in [3.05, 3.63) is 243 Å². The summed E-state index contributed by atoms with van der Waals surface area (Å²) >= 11 is 33.4. The van der Waals surface area contributed by atoms with Crippen LogP contribution in [0.1, 0.15) is 97.8 Å². The van der Waals surface area contributed by atoms with Crippen molar-refractivity contribution in [3.8, 4) is 22.3 Å². The molecule has 1 amide bonds. The van der Waals surface area contributed by atoms with Crippen molar-refractivity contribution in [3.63, 3.8) is 0 Å². The Morgan fingerprint density at radius 3 is 1.38 bits per heavy atom. The number of nitrogens with zero attached hydrogens (tertiary/aromatic N) is 12. The van der Waals surface area contributed by atoms with E-state index in [2.05, 4.69) is 154 Å². The highest BCUT2D eigenvalue weighted by Gasteiger charge is 2.27. The number of carboxylic acid groups (broad SMARTS) is 1. The lowest BCUT2D eigenvalue weighted by atomic mass is 9.80. The van der Waals surface area contributed by atoms with Crippen molar-refractivity contribution in [1.29, 1.82) is 0 Å². The number of nitrogens with one attached hydrogen (secondary N) is 8. The van der Waals surface area contributed by atoms with Gasteiger partial charge >= 0.3 is 37.2 Å². The fourth-order valence-corrected chi connectivity index (χ4v) is 14.9. The van der Waals surface area contributed by atoms with Crippen molar-refractivity contribution in [2.45, 2.75) is 133 Å². The molecule has 0 unspecified atom stereocenters. The van der Waals surface area contributed by atoms with Crippen LogP contribution in [0.4, 0.5) is 14.0 Å². The first-order valence-corrected chi connectivity index (χ1v) is 47.9. The van der Waals surface area contributed by atoms with E-state index in [1.54, 1.807) is 115 Å². The summed E-state index contributed by atoms with van der Waals surface area (Å²) in [7, 11) is -1.41. The highest BCUT2D eigenvalue weighted by atomic mass is 79.9. The van der Waals surface area contributed by atoms with E-state index in [9.17, 15) is 61.9 Å². The first-order valence-electron chi connectivity index (χ1n) is 42.1. The number of benzene rings is 3. The molecule has 14 heterocycles. The number of hydrogen-bond acceptors (Lipinski definition) is 25. The van der Waals surface area contributed by atoms with Gasteiger partial charge in [0.1, 0.15) is 77.7 Å². The molecule has 17 rings (SSSR count). The summed E-state index contributed by atoms with van der Waals surface area (Å²) < 4.78 is 38.1. The fourth-order valence-electron chi connectivity index (χ4n) is 12.7. The van der Waals surface area contributed by atoms with Crippen LogP contribution in [0.5, 0.6) is 0 Å². The Kier molecular flexibility index (Phi) is 42.6. The molecule has 0 radical (unpaired) electrons. The Labute approximate surface area is 842 Å². The number of aryl methyl sites for hydroxylation is 3. The van der Waals surface area contributed by atoms with E-state index in [0.717, 1.165) is 77.5 Å². The molecule has 3 aromatic carbocycles. The molecule has 138 heavy (non-hydrogen) atoms. The van der Waals surface area contributed by atoms with Crippen molar-refractivity contribution >= 4 is 229 Å². The third-order valence-corrected chi connectivity index (χ3v) is 23.0. The van der Waals surface area contributed by atoms with Crippen LogP contribution in [0.25, 0.3) is 88.5 Å². The lowest BCUT2D eigenvalue weighted by Gasteiger charge is -2.19. The van der Waals surface area contributed by atoms with Crippen molar-refractivity contribution in [1.82, 2.24) is 97.8 Å². The number of rotatable bonds is 13. The first-order chi connectivity index (χ1) is 65.4. The van der Waals surface area contributed by atoms with Crippen LogP contribution in [-0.4, -0.2) is 219 Å². The quantitative estimate of drug-likeness (QED) is 0.0221. The SMILES string of the molecule is C1CCNC1.CC(C)(C)OC(=O)n1cc(Br)c2c(=O)[nH]cnc21.CCOC(=O)CBr.CCOC(=O)Cn1cnc2c(c(Br)cn2C(=O)OC(C)(C)C)c1=O.Cc1cc(-c2c[nH]c3ncn(CC(=O)N4CCCC4)c(=O)c23)ccc1Cl.Cc1cc(-c2c[nH]c3ncn(CC(=O)O)c(=O)c23)ccc1Cl.Cc1cc(B(O)O)ccc1Cl.FCCBr.O=c1[nH]cnc2[nH]cc(Br)c12.O=c1[nH]cnc2[nH]ccc12. The normalized spacial score (nSPS) is 11.9. The van der Waals surface area contributed by atoms with Crippen LogP contribution in [0.3, 0.4) is 0 Å². The maximum Gasteiger partial charge on any atom is 0.488 e. The van der Waals surface area contributed by atoms with Gasteiger partial charge in [0, 0.05) is 81.8 Å². The lowest BCUT2D eigenvalue weighted by molar-refractivity contribution is -0.144. The summed E-state index contributed by atoms with van der Waals surface area (Å²) in [4.78, 5) is 186. The molecule has 0 spiro atoms. The molecule has 15 aromatic rings. The molecule has 2 fully saturated rings. The summed E-state index contributed by atoms with van der Waals surface area (Å²) in [6.45, 7) is 23.4. The van der Waals surface area contributed by atoms with Gasteiger partial charge in [0.05, 0.1) is 84.6 Å². The van der Waals surface area contributed by atoms with Crippen LogP contribution in [-0.2, 0) is 57.8 Å². The Hall–Kier alpha value is -11.9. The van der Waals surface area contributed by atoms with E-state index in [1.807, 2.05) is 51.1 Å². The lowest BCUT2D eigenvalue weighted by Crippen LogP contribution is -2.34. The van der Waals surface area contributed by atoms with Gasteiger partial charge in [-0.3, -0.25) is 66.0 Å². The van der Waals surface area contributed by atoms with Crippen LogP contribution < -0.4 is 44.1 Å². The topological polar surface area (TPSA) is 530 Å². The number of halogens is 9. The molecule has 2 aliphatic rings. The minimum Gasteiger partial charge on any atom is -0.480 e. The maximum atomic E-state index is 13.0. The largest absolute Gasteiger partial charge is 0.488 e. The molecule has 0 saturated carbocycles. The highest BCUT2D eigenvalue weighted by Crippen LogP contribution is 2.32. The van der Waals surface area contributed by atoms with Crippen LogP contribution in [0.2, 0.25) is 15.1 Å². The van der Waals surface area contributed by atoms with Crippen molar-refractivity contribution in [2.24, 2.45) is 0 Å². The molecule has 0 aliphatic carbocycles. The van der Waals surface area contributed by atoms with Crippen molar-refractivity contribution in [2.75, 3.05) is 56.7 Å². The maximum absolute atomic E-state index is 13.0. The highest BCUT2D eigenvalue weighted by molar-refractivity contribution is 9.11. The molecule has 734 valence electrons. The molecule has 0 atom stereocenters. The predicted molar refractivity (Wildman–Crippen MR) is 544 cm³/mol. The number of H-pyrrole nitrogens is 7. The molecular formula is C89H98BBr5Cl3FN20O19. The predicted octanol–water partition coefficient (Wildman–Crippen LogP) is 14.2. The zero-order valence-electron chi connectivity index (χ0n) is 76.2. The van der Waals surface area contributed by atoms with E-state index < -0.39 is 60.1 Å². The Morgan fingerprint density at radius 2 is 0.935 bits per heavy atom. The average molecular weight is 2290 g/mol. The fraction of sp³-hybridized carbons (Fsp3) is 0.326. The summed E-state index contributed by atoms with van der Waals surface area (Å²) in [5, 5.41) is 34.8. The van der Waals surface area contributed by atoms with Gasteiger partial charge < -0.3 is 79.2 Å². The average Bonchev–Trinajstić information content (AvgIpc) is 1.61. The van der Waals surface area contributed by atoms with E-state index in [-0.39, 0.29) is 77.2 Å². The molecule has 11 N–H and O–H groups in total. The van der Waals surface area contributed by atoms with Gasteiger partial charge in [0.25, 0.3) is 33.4 Å². The number of carboxylic acids is 1. The zero-order valence-corrected chi connectivity index (χ0v) is 86.4. The van der Waals surface area contributed by atoms with Gasteiger partial charge in [0.15, 0.2) is 11.3 Å². The summed E-state index contributed by atoms with van der Waals surface area (Å²) in [6, 6.07) is 17.7. The van der Waals surface area contributed by atoms with Gasteiger partial charge in [-0.25, -0.2) is 48.6 Å². The van der Waals surface area contributed by atoms with Gasteiger partial charge in [-0.1, -0.05) is 90.9 Å². The summed E-state index contributed by atoms with van der Waals surface area (Å²) in [6.07, 6.45) is 21.2. The number of ether oxygens (including phenoxy) is 4. The summed E-state index contributed by atoms with van der Waals surface area (Å²) in [5.74, 6) is -1.88. The number of amides is 1. The van der Waals surface area contributed by atoms with E-state index in [4.69, 9.17) is 64.2 Å². The van der Waals surface area contributed by atoms with Gasteiger partial charge in [-0.15, -0.1) is 0 Å². The van der Waals surface area contributed by atoms with Crippen LogP contribution in [0.15, 0.2) is 178 Å². The third-order valence-electron chi connectivity index (χ3n) is 19.1. The van der Waals surface area contributed by atoms with Crippen molar-refractivity contribution < 1.29 is 67.3 Å².